The second-order valence-corrected chi connectivity index (χ2v) is 3.66. The second kappa shape index (κ2) is 11.1. The molecule has 0 fully saturated rings. The molecule has 0 aliphatic carbocycles. The van der Waals surface area contributed by atoms with Crippen molar-refractivity contribution >= 4 is 36.4 Å². The van der Waals surface area contributed by atoms with Crippen molar-refractivity contribution in [3.8, 4) is 0 Å². The van der Waals surface area contributed by atoms with Gasteiger partial charge in [0, 0.05) is 25.8 Å². The molecule has 1 aromatic rings. The molecule has 0 aliphatic heterocycles. The number of rotatable bonds is 6. The van der Waals surface area contributed by atoms with Crippen molar-refractivity contribution in [1.82, 2.24) is 5.32 Å². The molecule has 1 amide bonds. The van der Waals surface area contributed by atoms with E-state index in [1.807, 2.05) is 25.2 Å². The van der Waals surface area contributed by atoms with Crippen LogP contribution >= 0.6 is 24.8 Å². The maximum atomic E-state index is 10.9. The molecule has 1 rings (SSSR count). The molecule has 0 bridgehead atoms. The first-order valence-corrected chi connectivity index (χ1v) is 5.47. The smallest absolute Gasteiger partial charge is 0.233 e. The van der Waals surface area contributed by atoms with E-state index in [0.29, 0.717) is 6.54 Å². The summed E-state index contributed by atoms with van der Waals surface area (Å²) in [5.41, 5.74) is 6.37. The molecule has 0 aliphatic rings. The van der Waals surface area contributed by atoms with Crippen molar-refractivity contribution < 1.29 is 4.79 Å². The van der Waals surface area contributed by atoms with Crippen LogP contribution in [-0.4, -0.2) is 32.6 Å². The highest BCUT2D eigenvalue weighted by Gasteiger charge is 2.00. The van der Waals surface area contributed by atoms with Gasteiger partial charge in [0.15, 0.2) is 0 Å². The van der Waals surface area contributed by atoms with E-state index in [4.69, 9.17) is 5.73 Å². The van der Waals surface area contributed by atoms with Crippen molar-refractivity contribution in [2.24, 2.45) is 5.73 Å². The first kappa shape index (κ1) is 19.4. The number of benzene rings is 1. The van der Waals surface area contributed by atoms with Gasteiger partial charge in [-0.2, -0.15) is 0 Å². The summed E-state index contributed by atoms with van der Waals surface area (Å²) in [6.45, 7) is 1.65. The summed E-state index contributed by atoms with van der Waals surface area (Å²) in [4.78, 5) is 13.0. The molecule has 0 heterocycles. The van der Waals surface area contributed by atoms with Gasteiger partial charge in [-0.3, -0.25) is 4.79 Å². The fourth-order valence-electron chi connectivity index (χ4n) is 1.43. The molecule has 3 N–H and O–H groups in total. The maximum Gasteiger partial charge on any atom is 0.233 e. The average molecular weight is 294 g/mol. The minimum atomic E-state index is -0.0950. The van der Waals surface area contributed by atoms with Gasteiger partial charge in [0.1, 0.15) is 0 Å². The summed E-state index contributed by atoms with van der Waals surface area (Å²) in [6.07, 6.45) is 0.914. The van der Waals surface area contributed by atoms with Gasteiger partial charge in [-0.15, -0.1) is 24.8 Å². The maximum absolute atomic E-state index is 10.9. The number of anilines is 1. The monoisotopic (exact) mass is 293 g/mol. The van der Waals surface area contributed by atoms with Crippen molar-refractivity contribution in [2.75, 3.05) is 31.6 Å². The summed E-state index contributed by atoms with van der Waals surface area (Å²) in [5, 5.41) is 2.75. The topological polar surface area (TPSA) is 58.4 Å². The van der Waals surface area contributed by atoms with Crippen LogP contribution in [-0.2, 0) is 4.79 Å². The molecule has 4 nitrogen and oxygen atoms in total. The zero-order valence-electron chi connectivity index (χ0n) is 10.5. The highest BCUT2D eigenvalue weighted by molar-refractivity contribution is 5.85. The summed E-state index contributed by atoms with van der Waals surface area (Å²) in [6, 6.07) is 10.2. The molecule has 0 saturated carbocycles. The van der Waals surface area contributed by atoms with Crippen LogP contribution in [0, 0.1) is 0 Å². The summed E-state index contributed by atoms with van der Waals surface area (Å²) in [7, 11) is 2.04. The highest BCUT2D eigenvalue weighted by Crippen LogP contribution is 2.10. The van der Waals surface area contributed by atoms with Gasteiger partial charge >= 0.3 is 0 Å². The Labute approximate surface area is 121 Å². The number of nitrogens with zero attached hydrogens (tertiary/aromatic N) is 1. The number of nitrogens with two attached hydrogens (primary N) is 1. The van der Waals surface area contributed by atoms with E-state index in [0.717, 1.165) is 13.0 Å². The molecule has 0 aromatic heterocycles. The molecule has 0 atom stereocenters. The third kappa shape index (κ3) is 7.37. The third-order valence-corrected chi connectivity index (χ3v) is 2.37. The molecule has 0 unspecified atom stereocenters. The molecule has 1 aromatic carbocycles. The van der Waals surface area contributed by atoms with E-state index in [-0.39, 0.29) is 37.3 Å². The van der Waals surface area contributed by atoms with Crippen molar-refractivity contribution in [1.29, 1.82) is 0 Å². The Hall–Kier alpha value is -0.970. The molecular formula is C12H21Cl2N3O. The Kier molecular flexibility index (Phi) is 12.0. The van der Waals surface area contributed by atoms with Gasteiger partial charge < -0.3 is 16.0 Å². The van der Waals surface area contributed by atoms with Crippen molar-refractivity contribution in [3.05, 3.63) is 30.3 Å². The Morgan fingerprint density at radius 2 is 1.89 bits per heavy atom. The van der Waals surface area contributed by atoms with Gasteiger partial charge in [-0.1, -0.05) is 18.2 Å². The van der Waals surface area contributed by atoms with Gasteiger partial charge in [0.05, 0.1) is 6.54 Å². The number of carbonyl (C=O) groups is 1. The van der Waals surface area contributed by atoms with Crippen LogP contribution in [0.3, 0.4) is 0 Å². The number of amides is 1. The lowest BCUT2D eigenvalue weighted by Crippen LogP contribution is -2.32. The molecule has 6 heteroatoms. The van der Waals surface area contributed by atoms with Crippen molar-refractivity contribution in [3.63, 3.8) is 0 Å². The number of hydrogen-bond acceptors (Lipinski definition) is 3. The zero-order chi connectivity index (χ0) is 11.8. The molecule has 0 spiro atoms. The number of hydrogen-bond donors (Lipinski definition) is 2. The van der Waals surface area contributed by atoms with Gasteiger partial charge in [-0.05, 0) is 18.6 Å². The molecular weight excluding hydrogens is 273 g/mol. The van der Waals surface area contributed by atoms with E-state index in [1.165, 1.54) is 5.69 Å². The predicted octanol–water partition coefficient (Wildman–Crippen LogP) is 1.43. The van der Waals surface area contributed by atoms with E-state index >= 15 is 0 Å². The zero-order valence-corrected chi connectivity index (χ0v) is 12.1. The SMILES string of the molecule is CN(CCCNC(=O)CN)c1ccccc1.Cl.Cl. The summed E-state index contributed by atoms with van der Waals surface area (Å²) < 4.78 is 0. The second-order valence-electron chi connectivity index (χ2n) is 3.66. The minimum Gasteiger partial charge on any atom is -0.375 e. The minimum absolute atomic E-state index is 0. The largest absolute Gasteiger partial charge is 0.375 e. The normalized spacial score (nSPS) is 8.78. The van der Waals surface area contributed by atoms with E-state index in [1.54, 1.807) is 0 Å². The van der Waals surface area contributed by atoms with Crippen LogP contribution in [0.2, 0.25) is 0 Å². The first-order valence-electron chi connectivity index (χ1n) is 5.47. The Morgan fingerprint density at radius 3 is 2.44 bits per heavy atom. The summed E-state index contributed by atoms with van der Waals surface area (Å²) >= 11 is 0. The molecule has 0 saturated heterocycles. The van der Waals surface area contributed by atoms with Crippen LogP contribution in [0.1, 0.15) is 6.42 Å². The third-order valence-electron chi connectivity index (χ3n) is 2.37. The average Bonchev–Trinajstić information content (AvgIpc) is 2.35. The number of carbonyl (C=O) groups excluding carboxylic acids is 1. The molecule has 0 radical (unpaired) electrons. The van der Waals surface area contributed by atoms with Crippen LogP contribution in [0.25, 0.3) is 0 Å². The van der Waals surface area contributed by atoms with Crippen molar-refractivity contribution in [2.45, 2.75) is 6.42 Å². The van der Waals surface area contributed by atoms with E-state index < -0.39 is 0 Å². The Morgan fingerprint density at radius 1 is 1.28 bits per heavy atom. The summed E-state index contributed by atoms with van der Waals surface area (Å²) in [5.74, 6) is -0.0950. The molecule has 18 heavy (non-hydrogen) atoms. The van der Waals surface area contributed by atoms with Gasteiger partial charge in [0.2, 0.25) is 5.91 Å². The Bertz CT molecular complexity index is 322. The molecule has 104 valence electrons. The van der Waals surface area contributed by atoms with Gasteiger partial charge in [-0.25, -0.2) is 0 Å². The number of para-hydroxylation sites is 1. The highest BCUT2D eigenvalue weighted by atomic mass is 35.5. The van der Waals surface area contributed by atoms with E-state index in [2.05, 4.69) is 22.3 Å². The Balaban J connectivity index is 0. The standard InChI is InChI=1S/C12H19N3O.2ClH/c1-15(11-6-3-2-4-7-11)9-5-8-14-12(16)10-13;;/h2-4,6-7H,5,8-10,13H2,1H3,(H,14,16);2*1H. The van der Waals surface area contributed by atoms with Crippen LogP contribution in [0.4, 0.5) is 5.69 Å². The van der Waals surface area contributed by atoms with Crippen LogP contribution in [0.15, 0.2) is 30.3 Å². The van der Waals surface area contributed by atoms with E-state index in [9.17, 15) is 4.79 Å². The van der Waals surface area contributed by atoms with Gasteiger partial charge in [0.25, 0.3) is 0 Å². The lowest BCUT2D eigenvalue weighted by molar-refractivity contribution is -0.119. The predicted molar refractivity (Wildman–Crippen MR) is 80.9 cm³/mol. The number of nitrogens with one attached hydrogen (secondary N) is 1. The lowest BCUT2D eigenvalue weighted by atomic mass is 10.3. The fraction of sp³-hybridized carbons (Fsp3) is 0.417. The quantitative estimate of drug-likeness (QED) is 0.780. The van der Waals surface area contributed by atoms with Crippen LogP contribution in [0.5, 0.6) is 0 Å². The first-order chi connectivity index (χ1) is 7.74. The van der Waals surface area contributed by atoms with Crippen LogP contribution < -0.4 is 16.0 Å². The number of halogens is 2. The fourth-order valence-corrected chi connectivity index (χ4v) is 1.43. The lowest BCUT2D eigenvalue weighted by Gasteiger charge is -2.19.